The molecule has 3 unspecified atom stereocenters. The number of carbonyl (C=O) groups excluding carboxylic acids is 4. The molecule has 0 aliphatic rings. The molecule has 0 heterocycles. The minimum atomic E-state index is -1.42. The summed E-state index contributed by atoms with van der Waals surface area (Å²) in [5.41, 5.74) is 0. The van der Waals surface area contributed by atoms with Gasteiger partial charge in [-0.15, -0.1) is 0 Å². The number of hydrogen-bond acceptors (Lipinski definition) is 12. The van der Waals surface area contributed by atoms with Gasteiger partial charge in [0, 0.05) is 0 Å². The number of carbonyl (C=O) groups is 4. The average Bonchev–Trinajstić information content (AvgIpc) is 2.59. The Labute approximate surface area is 186 Å². The lowest BCUT2D eigenvalue weighted by molar-refractivity contribution is -0.184. The maximum atomic E-state index is 12.1. The number of rotatable bonds is 15. The van der Waals surface area contributed by atoms with E-state index in [4.69, 9.17) is 18.9 Å². The van der Waals surface area contributed by atoms with Crippen molar-refractivity contribution in [2.24, 2.45) is 0 Å². The van der Waals surface area contributed by atoms with Crippen molar-refractivity contribution in [1.29, 1.82) is 0 Å². The topological polar surface area (TPSA) is 186 Å². The Morgan fingerprint density at radius 3 is 1.03 bits per heavy atom. The van der Waals surface area contributed by atoms with Crippen molar-refractivity contribution >= 4 is 23.9 Å². The zero-order valence-corrected chi connectivity index (χ0v) is 18.8. The second kappa shape index (κ2) is 15.5. The quantitative estimate of drug-likeness (QED) is 0.170. The monoisotopic (exact) mass is 466 g/mol. The molecule has 0 rings (SSSR count). The molecule has 12 nitrogen and oxygen atoms in total. The summed E-state index contributed by atoms with van der Waals surface area (Å²) in [4.78, 5) is 47.7. The van der Waals surface area contributed by atoms with E-state index < -0.39 is 86.6 Å². The molecule has 12 heteroatoms. The van der Waals surface area contributed by atoms with Gasteiger partial charge in [-0.2, -0.15) is 0 Å². The third-order valence-electron chi connectivity index (χ3n) is 3.65. The molecule has 0 saturated heterocycles. The van der Waals surface area contributed by atoms with Crippen LogP contribution in [0.4, 0.5) is 0 Å². The Morgan fingerprint density at radius 2 is 0.781 bits per heavy atom. The maximum absolute atomic E-state index is 12.1. The Hall–Kier alpha value is -2.28. The van der Waals surface area contributed by atoms with Gasteiger partial charge in [0.15, 0.2) is 12.2 Å². The fourth-order valence-corrected chi connectivity index (χ4v) is 2.30. The SMILES string of the molecule is CC(O)CC(=O)OC[C@H](OC(=O)CC(C)O)[C@@H](COC(=O)C[C@@H](C)O)OC(=O)CC(C)O. The van der Waals surface area contributed by atoms with E-state index >= 15 is 0 Å². The normalized spacial score (nSPS) is 16.6. The summed E-state index contributed by atoms with van der Waals surface area (Å²) in [6.45, 7) is 4.22. The maximum Gasteiger partial charge on any atom is 0.308 e. The highest BCUT2D eigenvalue weighted by Crippen LogP contribution is 2.13. The summed E-state index contributed by atoms with van der Waals surface area (Å²) < 4.78 is 20.3. The molecule has 0 aromatic heterocycles. The van der Waals surface area contributed by atoms with Gasteiger partial charge in [0.2, 0.25) is 0 Å². The highest BCUT2D eigenvalue weighted by Gasteiger charge is 2.32. The van der Waals surface area contributed by atoms with Crippen molar-refractivity contribution in [3.8, 4) is 0 Å². The van der Waals surface area contributed by atoms with E-state index in [9.17, 15) is 39.6 Å². The molecule has 4 N–H and O–H groups in total. The second-order valence-electron chi connectivity index (χ2n) is 7.64. The van der Waals surface area contributed by atoms with Crippen LogP contribution in [0.1, 0.15) is 53.4 Å². The van der Waals surface area contributed by atoms with Crippen molar-refractivity contribution in [3.05, 3.63) is 0 Å². The first-order valence-electron chi connectivity index (χ1n) is 10.2. The molecule has 32 heavy (non-hydrogen) atoms. The fourth-order valence-electron chi connectivity index (χ4n) is 2.30. The van der Waals surface area contributed by atoms with E-state index in [-0.39, 0.29) is 12.8 Å². The van der Waals surface area contributed by atoms with E-state index in [1.807, 2.05) is 0 Å². The molecular weight excluding hydrogens is 432 g/mol. The van der Waals surface area contributed by atoms with Crippen molar-refractivity contribution in [2.75, 3.05) is 13.2 Å². The van der Waals surface area contributed by atoms with Gasteiger partial charge < -0.3 is 39.4 Å². The van der Waals surface area contributed by atoms with Crippen LogP contribution in [0.5, 0.6) is 0 Å². The van der Waals surface area contributed by atoms with Gasteiger partial charge in [-0.1, -0.05) is 0 Å². The molecule has 0 aliphatic carbocycles. The van der Waals surface area contributed by atoms with Crippen LogP contribution < -0.4 is 0 Å². The lowest BCUT2D eigenvalue weighted by Crippen LogP contribution is -2.43. The fraction of sp³-hybridized carbons (Fsp3) is 0.800. The summed E-state index contributed by atoms with van der Waals surface area (Å²) >= 11 is 0. The van der Waals surface area contributed by atoms with Gasteiger partial charge in [0.1, 0.15) is 13.2 Å². The van der Waals surface area contributed by atoms with Gasteiger partial charge >= 0.3 is 23.9 Å². The van der Waals surface area contributed by atoms with Crippen LogP contribution in [0, 0.1) is 0 Å². The molecule has 0 bridgehead atoms. The molecule has 186 valence electrons. The number of aliphatic hydroxyl groups excluding tert-OH is 4. The molecule has 0 spiro atoms. The standard InChI is InChI=1S/C20H34O12/c1-11(21)5-17(25)29-9-15(31-19(27)7-13(3)23)16(32-20(28)8-14(4)24)10-30-18(26)6-12(2)22/h11-16,21-24H,5-10H2,1-4H3/t11-,12?,13?,14?,15-,16+/m1/s1. The molecule has 0 aliphatic heterocycles. The third kappa shape index (κ3) is 15.5. The number of aliphatic hydroxyl groups is 4. The zero-order chi connectivity index (χ0) is 24.8. The molecular formula is C20H34O12. The average molecular weight is 466 g/mol. The predicted molar refractivity (Wildman–Crippen MR) is 107 cm³/mol. The van der Waals surface area contributed by atoms with Crippen LogP contribution >= 0.6 is 0 Å². The summed E-state index contributed by atoms with van der Waals surface area (Å²) in [5.74, 6) is -3.44. The van der Waals surface area contributed by atoms with Crippen molar-refractivity contribution < 1.29 is 58.6 Å². The van der Waals surface area contributed by atoms with Crippen LogP contribution in [-0.2, 0) is 38.1 Å². The van der Waals surface area contributed by atoms with Gasteiger partial charge in [-0.3, -0.25) is 19.2 Å². The van der Waals surface area contributed by atoms with Gasteiger partial charge in [-0.05, 0) is 27.7 Å². The van der Waals surface area contributed by atoms with Gasteiger partial charge in [-0.25, -0.2) is 0 Å². The lowest BCUT2D eigenvalue weighted by atomic mass is 10.2. The van der Waals surface area contributed by atoms with E-state index in [0.29, 0.717) is 0 Å². The molecule has 0 aromatic rings. The first kappa shape index (κ1) is 29.7. The minimum Gasteiger partial charge on any atom is -0.461 e. The number of esters is 4. The van der Waals surface area contributed by atoms with Crippen molar-refractivity contribution in [1.82, 2.24) is 0 Å². The van der Waals surface area contributed by atoms with Crippen molar-refractivity contribution in [3.63, 3.8) is 0 Å². The molecule has 6 atom stereocenters. The van der Waals surface area contributed by atoms with Gasteiger partial charge in [0.05, 0.1) is 50.1 Å². The summed E-state index contributed by atoms with van der Waals surface area (Å²) in [6.07, 6.45) is -8.40. The Kier molecular flexibility index (Phi) is 14.4. The number of hydrogen-bond donors (Lipinski definition) is 4. The molecule has 0 aromatic carbocycles. The summed E-state index contributed by atoms with van der Waals surface area (Å²) in [5, 5.41) is 37.3. The first-order valence-corrected chi connectivity index (χ1v) is 10.2. The van der Waals surface area contributed by atoms with Crippen LogP contribution in [0.15, 0.2) is 0 Å². The largest absolute Gasteiger partial charge is 0.461 e. The van der Waals surface area contributed by atoms with E-state index in [1.54, 1.807) is 0 Å². The Bertz CT molecular complexity index is 547. The zero-order valence-electron chi connectivity index (χ0n) is 18.8. The second-order valence-corrected chi connectivity index (χ2v) is 7.64. The van der Waals surface area contributed by atoms with Crippen LogP contribution in [-0.4, -0.2) is 94.1 Å². The van der Waals surface area contributed by atoms with Gasteiger partial charge in [0.25, 0.3) is 0 Å². The highest BCUT2D eigenvalue weighted by atomic mass is 16.6. The summed E-state index contributed by atoms with van der Waals surface area (Å²) in [6, 6.07) is 0. The summed E-state index contributed by atoms with van der Waals surface area (Å²) in [7, 11) is 0. The Morgan fingerprint density at radius 1 is 0.531 bits per heavy atom. The van der Waals surface area contributed by atoms with Crippen LogP contribution in [0.25, 0.3) is 0 Å². The van der Waals surface area contributed by atoms with Crippen molar-refractivity contribution in [2.45, 2.75) is 90.0 Å². The number of ether oxygens (including phenoxy) is 4. The first-order chi connectivity index (χ1) is 14.8. The van der Waals surface area contributed by atoms with E-state index in [1.165, 1.54) is 27.7 Å². The molecule has 0 fully saturated rings. The smallest absolute Gasteiger partial charge is 0.308 e. The molecule has 0 amide bonds. The van der Waals surface area contributed by atoms with Crippen LogP contribution in [0.3, 0.4) is 0 Å². The predicted octanol–water partition coefficient (Wildman–Crippen LogP) is -1.02. The Balaban J connectivity index is 5.49. The third-order valence-corrected chi connectivity index (χ3v) is 3.65. The molecule has 0 radical (unpaired) electrons. The molecule has 0 saturated carbocycles. The van der Waals surface area contributed by atoms with E-state index in [2.05, 4.69) is 0 Å². The minimum absolute atomic E-state index is 0.343. The van der Waals surface area contributed by atoms with E-state index in [0.717, 1.165) is 0 Å². The lowest BCUT2D eigenvalue weighted by Gasteiger charge is -2.27. The highest BCUT2D eigenvalue weighted by molar-refractivity contribution is 5.72. The van der Waals surface area contributed by atoms with Crippen LogP contribution in [0.2, 0.25) is 0 Å².